The molecular weight excluding hydrogens is 250 g/mol. The maximum atomic E-state index is 11.8. The highest BCUT2D eigenvalue weighted by atomic mass is 16.3. The zero-order chi connectivity index (χ0) is 15.0. The molecule has 0 saturated carbocycles. The Morgan fingerprint density at radius 1 is 1.30 bits per heavy atom. The number of hydrogen-bond acceptors (Lipinski definition) is 2. The molecule has 1 atom stereocenters. The molecule has 1 aromatic carbocycles. The summed E-state index contributed by atoms with van der Waals surface area (Å²) in [6.45, 7) is 6.95. The Hall–Kier alpha value is -1.61. The van der Waals surface area contributed by atoms with Crippen LogP contribution in [0.2, 0.25) is 0 Å². The smallest absolute Gasteiger partial charge is 0.244 e. The van der Waals surface area contributed by atoms with E-state index in [2.05, 4.69) is 30.4 Å². The maximum absolute atomic E-state index is 11.8. The molecule has 0 fully saturated rings. The summed E-state index contributed by atoms with van der Waals surface area (Å²) in [6.07, 6.45) is 5.10. The van der Waals surface area contributed by atoms with Gasteiger partial charge in [-0.15, -0.1) is 0 Å². The molecule has 0 spiro atoms. The summed E-state index contributed by atoms with van der Waals surface area (Å²) in [5.74, 6) is 0.263. The number of amides is 1. The fourth-order valence-corrected chi connectivity index (χ4v) is 2.21. The van der Waals surface area contributed by atoms with E-state index in [-0.39, 0.29) is 12.5 Å². The summed E-state index contributed by atoms with van der Waals surface area (Å²) >= 11 is 0. The first-order valence-electron chi connectivity index (χ1n) is 7.20. The van der Waals surface area contributed by atoms with Gasteiger partial charge in [0.05, 0.1) is 0 Å². The minimum absolute atomic E-state index is 0.0828. The lowest BCUT2D eigenvalue weighted by atomic mass is 10.0. The summed E-state index contributed by atoms with van der Waals surface area (Å²) < 4.78 is 0. The Morgan fingerprint density at radius 2 is 1.95 bits per heavy atom. The maximum Gasteiger partial charge on any atom is 0.244 e. The molecule has 1 amide bonds. The Kier molecular flexibility index (Phi) is 7.02. The zero-order valence-electron chi connectivity index (χ0n) is 12.6. The van der Waals surface area contributed by atoms with Crippen LogP contribution in [0, 0.1) is 19.8 Å². The molecule has 1 aromatic rings. The van der Waals surface area contributed by atoms with Gasteiger partial charge in [-0.25, -0.2) is 0 Å². The molecule has 2 N–H and O–H groups in total. The molecular formula is C17H25NO2. The number of hydrogen-bond donors (Lipinski definition) is 2. The van der Waals surface area contributed by atoms with Gasteiger partial charge in [0.15, 0.2) is 0 Å². The second-order valence-electron chi connectivity index (χ2n) is 5.29. The third-order valence-electron chi connectivity index (χ3n) is 3.35. The lowest BCUT2D eigenvalue weighted by Crippen LogP contribution is -2.28. The molecule has 0 heterocycles. The standard InChI is InChI=1S/C17H25NO2/c1-4-15(7-8-19)12-18-17(20)6-5-16-10-13(2)9-14(3)11-16/h5-6,9-11,15,19H,4,7-8,12H2,1-3H3,(H,18,20)/b6-5+. The van der Waals surface area contributed by atoms with E-state index < -0.39 is 0 Å². The second-order valence-corrected chi connectivity index (χ2v) is 5.29. The molecule has 0 aromatic heterocycles. The van der Waals surface area contributed by atoms with E-state index in [1.165, 1.54) is 11.1 Å². The molecule has 0 aliphatic heterocycles. The number of aryl methyl sites for hydroxylation is 2. The van der Waals surface area contributed by atoms with Crippen molar-refractivity contribution in [1.29, 1.82) is 0 Å². The van der Waals surface area contributed by atoms with Gasteiger partial charge in [-0.3, -0.25) is 4.79 Å². The highest BCUT2D eigenvalue weighted by molar-refractivity contribution is 5.91. The molecule has 0 saturated heterocycles. The van der Waals surface area contributed by atoms with E-state index in [0.717, 1.165) is 18.4 Å². The van der Waals surface area contributed by atoms with Gasteiger partial charge in [0.1, 0.15) is 0 Å². The largest absolute Gasteiger partial charge is 0.396 e. The molecule has 3 nitrogen and oxygen atoms in total. The predicted molar refractivity (Wildman–Crippen MR) is 83.4 cm³/mol. The van der Waals surface area contributed by atoms with E-state index in [9.17, 15) is 4.79 Å². The molecule has 20 heavy (non-hydrogen) atoms. The third-order valence-corrected chi connectivity index (χ3v) is 3.35. The first-order chi connectivity index (χ1) is 9.55. The van der Waals surface area contributed by atoms with Crippen molar-refractivity contribution in [3.05, 3.63) is 41.0 Å². The van der Waals surface area contributed by atoms with E-state index in [1.807, 2.05) is 19.9 Å². The third kappa shape index (κ3) is 6.02. The average molecular weight is 275 g/mol. The SMILES string of the molecule is CCC(CCO)CNC(=O)/C=C/c1cc(C)cc(C)c1. The van der Waals surface area contributed by atoms with Crippen LogP contribution in [0.1, 0.15) is 36.5 Å². The Balaban J connectivity index is 2.50. The van der Waals surface area contributed by atoms with Gasteiger partial charge in [-0.05, 0) is 37.8 Å². The van der Waals surface area contributed by atoms with E-state index in [1.54, 1.807) is 6.08 Å². The second kappa shape index (κ2) is 8.54. The van der Waals surface area contributed by atoms with Gasteiger partial charge in [-0.2, -0.15) is 0 Å². The molecule has 0 bridgehead atoms. The summed E-state index contributed by atoms with van der Waals surface area (Å²) in [5.41, 5.74) is 3.43. The van der Waals surface area contributed by atoms with Crippen molar-refractivity contribution < 1.29 is 9.90 Å². The summed E-state index contributed by atoms with van der Waals surface area (Å²) in [4.78, 5) is 11.8. The van der Waals surface area contributed by atoms with Crippen molar-refractivity contribution in [1.82, 2.24) is 5.32 Å². The van der Waals surface area contributed by atoms with Crippen molar-refractivity contribution in [2.45, 2.75) is 33.6 Å². The lowest BCUT2D eigenvalue weighted by molar-refractivity contribution is -0.116. The van der Waals surface area contributed by atoms with Crippen LogP contribution in [0.4, 0.5) is 0 Å². The van der Waals surface area contributed by atoms with Crippen LogP contribution in [0.5, 0.6) is 0 Å². The average Bonchev–Trinajstić information content (AvgIpc) is 2.40. The zero-order valence-corrected chi connectivity index (χ0v) is 12.6. The van der Waals surface area contributed by atoms with Crippen molar-refractivity contribution in [3.63, 3.8) is 0 Å². The summed E-state index contributed by atoms with van der Waals surface area (Å²) in [6, 6.07) is 6.22. The molecule has 3 heteroatoms. The van der Waals surface area contributed by atoms with Crippen LogP contribution >= 0.6 is 0 Å². The topological polar surface area (TPSA) is 49.3 Å². The highest BCUT2D eigenvalue weighted by Crippen LogP contribution is 2.10. The van der Waals surface area contributed by atoms with Crippen LogP contribution in [0.25, 0.3) is 6.08 Å². The van der Waals surface area contributed by atoms with Crippen LogP contribution < -0.4 is 5.32 Å². The van der Waals surface area contributed by atoms with E-state index in [0.29, 0.717) is 12.5 Å². The minimum atomic E-state index is -0.0828. The Morgan fingerprint density at radius 3 is 2.50 bits per heavy atom. The minimum Gasteiger partial charge on any atom is -0.396 e. The molecule has 0 radical (unpaired) electrons. The quantitative estimate of drug-likeness (QED) is 0.752. The highest BCUT2D eigenvalue weighted by Gasteiger charge is 2.06. The Bertz CT molecular complexity index is 446. The summed E-state index contributed by atoms with van der Waals surface area (Å²) in [7, 11) is 0. The summed E-state index contributed by atoms with van der Waals surface area (Å²) in [5, 5.41) is 11.8. The number of carbonyl (C=O) groups excluding carboxylic acids is 1. The number of benzene rings is 1. The van der Waals surface area contributed by atoms with Crippen LogP contribution in [-0.4, -0.2) is 24.2 Å². The fourth-order valence-electron chi connectivity index (χ4n) is 2.21. The first kappa shape index (κ1) is 16.4. The van der Waals surface area contributed by atoms with Crippen molar-refractivity contribution in [3.8, 4) is 0 Å². The first-order valence-corrected chi connectivity index (χ1v) is 7.20. The van der Waals surface area contributed by atoms with Crippen molar-refractivity contribution in [2.75, 3.05) is 13.2 Å². The van der Waals surface area contributed by atoms with E-state index >= 15 is 0 Å². The molecule has 0 aliphatic rings. The molecule has 1 rings (SSSR count). The fraction of sp³-hybridized carbons (Fsp3) is 0.471. The monoisotopic (exact) mass is 275 g/mol. The van der Waals surface area contributed by atoms with Crippen molar-refractivity contribution >= 4 is 12.0 Å². The van der Waals surface area contributed by atoms with Crippen molar-refractivity contribution in [2.24, 2.45) is 5.92 Å². The number of carbonyl (C=O) groups is 1. The molecule has 1 unspecified atom stereocenters. The van der Waals surface area contributed by atoms with E-state index in [4.69, 9.17) is 5.11 Å². The van der Waals surface area contributed by atoms with Gasteiger partial charge in [0, 0.05) is 19.2 Å². The van der Waals surface area contributed by atoms with Gasteiger partial charge >= 0.3 is 0 Å². The molecule has 0 aliphatic carbocycles. The number of nitrogens with one attached hydrogen (secondary N) is 1. The van der Waals surface area contributed by atoms with Gasteiger partial charge < -0.3 is 10.4 Å². The number of aliphatic hydroxyl groups is 1. The van der Waals surface area contributed by atoms with Gasteiger partial charge in [0.2, 0.25) is 5.91 Å². The lowest BCUT2D eigenvalue weighted by Gasteiger charge is -2.13. The van der Waals surface area contributed by atoms with Crippen LogP contribution in [-0.2, 0) is 4.79 Å². The number of rotatable bonds is 7. The molecule has 110 valence electrons. The van der Waals surface area contributed by atoms with Crippen LogP contribution in [0.3, 0.4) is 0 Å². The predicted octanol–water partition coefficient (Wildman–Crippen LogP) is 2.84. The normalized spacial score (nSPS) is 12.6. The van der Waals surface area contributed by atoms with Gasteiger partial charge in [0.25, 0.3) is 0 Å². The Labute approximate surface area is 121 Å². The van der Waals surface area contributed by atoms with Gasteiger partial charge in [-0.1, -0.05) is 42.7 Å². The number of aliphatic hydroxyl groups excluding tert-OH is 1. The van der Waals surface area contributed by atoms with Crippen LogP contribution in [0.15, 0.2) is 24.3 Å².